The van der Waals surface area contributed by atoms with Crippen LogP contribution in [0.15, 0.2) is 23.0 Å². The number of amides is 1. The molecule has 1 aromatic heterocycles. The number of ether oxygens (including phenoxy) is 1. The lowest BCUT2D eigenvalue weighted by Crippen LogP contribution is -2.52. The Hall–Kier alpha value is -2.32. The number of piperidine rings is 1. The van der Waals surface area contributed by atoms with Gasteiger partial charge in [-0.05, 0) is 30.9 Å². The van der Waals surface area contributed by atoms with E-state index in [1.807, 2.05) is 13.2 Å². The number of aromatic amines is 1. The van der Waals surface area contributed by atoms with Crippen LogP contribution in [0.1, 0.15) is 51.5 Å². The molecule has 0 unspecified atom stereocenters. The highest BCUT2D eigenvalue weighted by molar-refractivity contribution is 7.97. The van der Waals surface area contributed by atoms with Gasteiger partial charge in [0.1, 0.15) is 22.9 Å². The van der Waals surface area contributed by atoms with Gasteiger partial charge in [-0.2, -0.15) is 11.8 Å². The maximum Gasteiger partial charge on any atom is 0.272 e. The van der Waals surface area contributed by atoms with Crippen LogP contribution in [-0.4, -0.2) is 51.5 Å². The third-order valence-corrected chi connectivity index (χ3v) is 6.59. The summed E-state index contributed by atoms with van der Waals surface area (Å²) in [5, 5.41) is 0.549. The second kappa shape index (κ2) is 8.07. The summed E-state index contributed by atoms with van der Waals surface area (Å²) in [5.41, 5.74) is 0.568. The molecular formula is C21H22ClN3O4S. The van der Waals surface area contributed by atoms with Gasteiger partial charge in [0.15, 0.2) is 5.78 Å². The van der Waals surface area contributed by atoms with E-state index in [2.05, 4.69) is 9.97 Å². The van der Waals surface area contributed by atoms with Crippen LogP contribution in [0, 0.1) is 6.92 Å². The van der Waals surface area contributed by atoms with E-state index in [0.29, 0.717) is 53.8 Å². The zero-order chi connectivity index (χ0) is 21.5. The van der Waals surface area contributed by atoms with E-state index in [1.54, 1.807) is 17.0 Å². The molecule has 0 atom stereocenters. The first kappa shape index (κ1) is 20.9. The van der Waals surface area contributed by atoms with Crippen LogP contribution < -0.4 is 10.3 Å². The number of hydrogen-bond donors (Lipinski definition) is 1. The molecule has 0 saturated carbocycles. The second-order valence-corrected chi connectivity index (χ2v) is 9.06. The molecule has 2 aromatic rings. The van der Waals surface area contributed by atoms with Crippen molar-refractivity contribution in [2.75, 3.05) is 19.3 Å². The summed E-state index contributed by atoms with van der Waals surface area (Å²) in [6.45, 7) is 2.74. The van der Waals surface area contributed by atoms with Crippen molar-refractivity contribution >= 4 is 35.1 Å². The van der Waals surface area contributed by atoms with E-state index < -0.39 is 5.60 Å². The number of H-pyrrole nitrogens is 1. The molecule has 1 N–H and O–H groups in total. The minimum absolute atomic E-state index is 0.0101. The summed E-state index contributed by atoms with van der Waals surface area (Å²) in [7, 11) is 0. The molecule has 4 rings (SSSR count). The molecule has 2 aliphatic heterocycles. The van der Waals surface area contributed by atoms with E-state index >= 15 is 0 Å². The standard InChI is InChI=1S/C21H22ClN3O4S/c1-12-7-17-13(8-14(12)22)16(26)10-21(29-17)3-5-25(6-4-21)20(28)15-9-19(27)24-18(23-15)11-30-2/h7-9H,3-6,10-11H2,1-2H3,(H,23,24,27). The van der Waals surface area contributed by atoms with Crippen molar-refractivity contribution in [2.24, 2.45) is 0 Å². The predicted octanol–water partition coefficient (Wildman–Crippen LogP) is 3.23. The van der Waals surface area contributed by atoms with Crippen LogP contribution in [0.5, 0.6) is 5.75 Å². The number of benzene rings is 1. The fraction of sp³-hybridized carbons (Fsp3) is 0.429. The van der Waals surface area contributed by atoms with Gasteiger partial charge in [0.25, 0.3) is 11.5 Å². The monoisotopic (exact) mass is 447 g/mol. The molecule has 1 fully saturated rings. The maximum absolute atomic E-state index is 12.9. The molecule has 1 saturated heterocycles. The molecule has 3 heterocycles. The Balaban J connectivity index is 1.50. The lowest BCUT2D eigenvalue weighted by Gasteiger charge is -2.44. The first-order valence-electron chi connectivity index (χ1n) is 9.71. The number of ketones is 1. The van der Waals surface area contributed by atoms with Crippen LogP contribution in [0.25, 0.3) is 0 Å². The van der Waals surface area contributed by atoms with Crippen molar-refractivity contribution in [1.82, 2.24) is 14.9 Å². The molecular weight excluding hydrogens is 426 g/mol. The van der Waals surface area contributed by atoms with Gasteiger partial charge in [-0.3, -0.25) is 14.4 Å². The maximum atomic E-state index is 12.9. The van der Waals surface area contributed by atoms with Gasteiger partial charge < -0.3 is 14.6 Å². The molecule has 2 aliphatic rings. The molecule has 7 nitrogen and oxygen atoms in total. The first-order chi connectivity index (χ1) is 14.3. The summed E-state index contributed by atoms with van der Waals surface area (Å²) in [6, 6.07) is 4.71. The SMILES string of the molecule is CSCc1nc(C(=O)N2CCC3(CC2)CC(=O)c2cc(Cl)c(C)cc2O3)cc(=O)[nH]1. The van der Waals surface area contributed by atoms with Gasteiger partial charge >= 0.3 is 0 Å². The highest BCUT2D eigenvalue weighted by atomic mass is 35.5. The lowest BCUT2D eigenvalue weighted by atomic mass is 9.82. The number of nitrogens with one attached hydrogen (secondary N) is 1. The quantitative estimate of drug-likeness (QED) is 0.776. The molecule has 0 bridgehead atoms. The Labute approximate surface area is 183 Å². The van der Waals surface area contributed by atoms with Crippen molar-refractivity contribution in [3.63, 3.8) is 0 Å². The van der Waals surface area contributed by atoms with Crippen molar-refractivity contribution in [3.05, 3.63) is 56.2 Å². The highest BCUT2D eigenvalue weighted by Crippen LogP contribution is 2.41. The minimum Gasteiger partial charge on any atom is -0.486 e. The number of halogens is 1. The molecule has 1 amide bonds. The van der Waals surface area contributed by atoms with Crippen LogP contribution in [0.3, 0.4) is 0 Å². The Kier molecular flexibility index (Phi) is 5.63. The fourth-order valence-corrected chi connectivity index (χ4v) is 4.57. The van der Waals surface area contributed by atoms with E-state index in [1.165, 1.54) is 17.8 Å². The van der Waals surface area contributed by atoms with Crippen molar-refractivity contribution < 1.29 is 14.3 Å². The number of carbonyl (C=O) groups excluding carboxylic acids is 2. The zero-order valence-electron chi connectivity index (χ0n) is 16.8. The van der Waals surface area contributed by atoms with Crippen molar-refractivity contribution in [1.29, 1.82) is 0 Å². The average molecular weight is 448 g/mol. The van der Waals surface area contributed by atoms with E-state index in [9.17, 15) is 14.4 Å². The molecule has 9 heteroatoms. The number of aromatic nitrogens is 2. The predicted molar refractivity (Wildman–Crippen MR) is 116 cm³/mol. The van der Waals surface area contributed by atoms with Crippen LogP contribution in [0.2, 0.25) is 5.02 Å². The zero-order valence-corrected chi connectivity index (χ0v) is 18.4. The number of likely N-dealkylation sites (tertiary alicyclic amines) is 1. The summed E-state index contributed by atoms with van der Waals surface area (Å²) < 4.78 is 6.28. The molecule has 1 aromatic carbocycles. The van der Waals surface area contributed by atoms with Gasteiger partial charge in [0, 0.05) is 37.0 Å². The number of aryl methyl sites for hydroxylation is 1. The summed E-state index contributed by atoms with van der Waals surface area (Å²) in [4.78, 5) is 46.1. The van der Waals surface area contributed by atoms with Crippen molar-refractivity contribution in [3.8, 4) is 5.75 Å². The number of hydrogen-bond acceptors (Lipinski definition) is 6. The largest absolute Gasteiger partial charge is 0.486 e. The Morgan fingerprint density at radius 3 is 2.73 bits per heavy atom. The van der Waals surface area contributed by atoms with Gasteiger partial charge in [0.05, 0.1) is 17.7 Å². The molecule has 0 radical (unpaired) electrons. The minimum atomic E-state index is -0.618. The van der Waals surface area contributed by atoms with Gasteiger partial charge in [-0.15, -0.1) is 0 Å². The number of thioether (sulfide) groups is 1. The number of Topliss-reactive ketones (excluding diaryl/α,β-unsaturated/α-hetero) is 1. The lowest BCUT2D eigenvalue weighted by molar-refractivity contribution is -0.00589. The summed E-state index contributed by atoms with van der Waals surface area (Å²) in [5.74, 6) is 1.31. The third kappa shape index (κ3) is 3.98. The second-order valence-electron chi connectivity index (χ2n) is 7.79. The normalized spacial score (nSPS) is 17.6. The summed E-state index contributed by atoms with van der Waals surface area (Å²) >= 11 is 7.67. The van der Waals surface area contributed by atoms with Gasteiger partial charge in [-0.1, -0.05) is 11.6 Å². The number of nitrogens with zero attached hydrogens (tertiary/aromatic N) is 2. The van der Waals surface area contributed by atoms with Crippen LogP contribution >= 0.6 is 23.4 Å². The molecule has 158 valence electrons. The highest BCUT2D eigenvalue weighted by Gasteiger charge is 2.44. The average Bonchev–Trinajstić information content (AvgIpc) is 2.69. The topological polar surface area (TPSA) is 92.4 Å². The molecule has 30 heavy (non-hydrogen) atoms. The number of rotatable bonds is 3. The Morgan fingerprint density at radius 1 is 1.30 bits per heavy atom. The smallest absolute Gasteiger partial charge is 0.272 e. The van der Waals surface area contributed by atoms with E-state index in [-0.39, 0.29) is 29.4 Å². The molecule has 0 aliphatic carbocycles. The van der Waals surface area contributed by atoms with E-state index in [0.717, 1.165) is 5.56 Å². The fourth-order valence-electron chi connectivity index (χ4n) is 4.00. The van der Waals surface area contributed by atoms with Gasteiger partial charge in [-0.25, -0.2) is 4.98 Å². The molecule has 1 spiro atoms. The Bertz CT molecular complexity index is 1080. The summed E-state index contributed by atoms with van der Waals surface area (Å²) in [6.07, 6.45) is 3.24. The Morgan fingerprint density at radius 2 is 2.03 bits per heavy atom. The van der Waals surface area contributed by atoms with Crippen LogP contribution in [0.4, 0.5) is 0 Å². The number of fused-ring (bicyclic) bond motifs is 1. The van der Waals surface area contributed by atoms with Gasteiger partial charge in [0.2, 0.25) is 0 Å². The van der Waals surface area contributed by atoms with E-state index in [4.69, 9.17) is 16.3 Å². The van der Waals surface area contributed by atoms with Crippen molar-refractivity contribution in [2.45, 2.75) is 37.5 Å². The third-order valence-electron chi connectivity index (χ3n) is 5.62. The van der Waals surface area contributed by atoms with Crippen LogP contribution in [-0.2, 0) is 5.75 Å². The first-order valence-corrected chi connectivity index (χ1v) is 11.5. The number of carbonyl (C=O) groups is 2.